The van der Waals surface area contributed by atoms with Gasteiger partial charge in [0.05, 0.1) is 12.7 Å². The Bertz CT molecular complexity index is 796. The van der Waals surface area contributed by atoms with Gasteiger partial charge in [-0.2, -0.15) is 0 Å². The molecule has 0 amide bonds. The van der Waals surface area contributed by atoms with E-state index >= 15 is 0 Å². The highest BCUT2D eigenvalue weighted by Crippen LogP contribution is 2.69. The average molecular weight is 505 g/mol. The predicted octanol–water partition coefficient (Wildman–Crippen LogP) is 6.55. The molecule has 206 valence electrons. The Kier molecular flexibility index (Phi) is 8.49. The molecule has 1 unspecified atom stereocenters. The van der Waals surface area contributed by atoms with Gasteiger partial charge in [0.1, 0.15) is 6.10 Å². The van der Waals surface area contributed by atoms with E-state index in [0.717, 1.165) is 32.1 Å². The molecule has 5 heteroatoms. The fourth-order valence-electron chi connectivity index (χ4n) is 10.1. The van der Waals surface area contributed by atoms with E-state index in [1.54, 1.807) is 0 Å². The van der Waals surface area contributed by atoms with E-state index in [-0.39, 0.29) is 40.9 Å². The zero-order valence-corrected chi connectivity index (χ0v) is 23.8. The zero-order valence-electron chi connectivity index (χ0n) is 23.8. The summed E-state index contributed by atoms with van der Waals surface area (Å²) in [4.78, 5) is 24.0. The van der Waals surface area contributed by atoms with Gasteiger partial charge in [-0.3, -0.25) is 9.59 Å². The van der Waals surface area contributed by atoms with Crippen molar-refractivity contribution in [2.75, 3.05) is 6.61 Å². The molecule has 36 heavy (non-hydrogen) atoms. The number of rotatable bonds is 8. The first kappa shape index (κ1) is 27.9. The first-order valence-corrected chi connectivity index (χ1v) is 15.1. The highest BCUT2D eigenvalue weighted by atomic mass is 16.5. The lowest BCUT2D eigenvalue weighted by atomic mass is 9.41. The van der Waals surface area contributed by atoms with Crippen LogP contribution in [0.5, 0.6) is 0 Å². The van der Waals surface area contributed by atoms with Crippen LogP contribution in [0.25, 0.3) is 0 Å². The zero-order chi connectivity index (χ0) is 26.3. The van der Waals surface area contributed by atoms with Gasteiger partial charge in [0.25, 0.3) is 0 Å². The van der Waals surface area contributed by atoms with E-state index in [0.29, 0.717) is 55.0 Å². The molecule has 0 heterocycles. The van der Waals surface area contributed by atoms with Crippen LogP contribution >= 0.6 is 0 Å². The number of aliphatic hydroxyl groups is 1. The molecule has 0 aromatic carbocycles. The minimum Gasteiger partial charge on any atom is -0.466 e. The van der Waals surface area contributed by atoms with Crippen LogP contribution in [-0.2, 0) is 19.1 Å². The van der Waals surface area contributed by atoms with Crippen LogP contribution < -0.4 is 0 Å². The quantitative estimate of drug-likeness (QED) is 0.379. The van der Waals surface area contributed by atoms with E-state index in [4.69, 9.17) is 9.47 Å². The Hall–Kier alpha value is -1.10. The van der Waals surface area contributed by atoms with Crippen molar-refractivity contribution in [3.8, 4) is 0 Å². The van der Waals surface area contributed by atoms with Crippen LogP contribution in [0.4, 0.5) is 0 Å². The van der Waals surface area contributed by atoms with Gasteiger partial charge in [-0.05, 0) is 111 Å². The number of fused-ring (bicyclic) bond motifs is 5. The van der Waals surface area contributed by atoms with Crippen LogP contribution in [0.1, 0.15) is 112 Å². The Morgan fingerprint density at radius 3 is 2.31 bits per heavy atom. The van der Waals surface area contributed by atoms with Gasteiger partial charge in [-0.15, -0.1) is 0 Å². The second-order valence-corrected chi connectivity index (χ2v) is 13.3. The molecule has 0 aromatic rings. The first-order valence-electron chi connectivity index (χ1n) is 15.1. The lowest BCUT2D eigenvalue weighted by Gasteiger charge is -2.64. The molecule has 0 radical (unpaired) electrons. The SMILES string of the molecule is CCOC(=O)CCC(C)[C@H]1CC[C@H]2[C@@H]3[C@H](O)[C@H](CC)[C@@H]4C[C@H](OC(=O)CC)CC[C@]4(C)[C@H]3CC[C@]12C. The van der Waals surface area contributed by atoms with Crippen molar-refractivity contribution in [2.45, 2.75) is 124 Å². The summed E-state index contributed by atoms with van der Waals surface area (Å²) in [6.07, 6.45) is 10.4. The molecule has 1 N–H and O–H groups in total. The molecule has 0 saturated heterocycles. The number of aliphatic hydroxyl groups excluding tert-OH is 1. The van der Waals surface area contributed by atoms with E-state index in [9.17, 15) is 14.7 Å². The maximum absolute atomic E-state index is 12.0. The molecular weight excluding hydrogens is 452 g/mol. The first-order chi connectivity index (χ1) is 17.1. The van der Waals surface area contributed by atoms with E-state index in [2.05, 4.69) is 27.7 Å². The van der Waals surface area contributed by atoms with Gasteiger partial charge in [0, 0.05) is 12.8 Å². The van der Waals surface area contributed by atoms with Gasteiger partial charge in [0.15, 0.2) is 0 Å². The van der Waals surface area contributed by atoms with Crippen molar-refractivity contribution in [3.63, 3.8) is 0 Å². The molecule has 4 rings (SSSR count). The smallest absolute Gasteiger partial charge is 0.305 e. The summed E-state index contributed by atoms with van der Waals surface area (Å²) in [5.41, 5.74) is 0.459. The third-order valence-electron chi connectivity index (χ3n) is 11.8. The molecular formula is C31H52O5. The van der Waals surface area contributed by atoms with E-state index in [1.165, 1.54) is 25.7 Å². The van der Waals surface area contributed by atoms with E-state index < -0.39 is 0 Å². The summed E-state index contributed by atoms with van der Waals surface area (Å²) in [5, 5.41) is 12.0. The Morgan fingerprint density at radius 1 is 0.944 bits per heavy atom. The molecule has 11 atom stereocenters. The van der Waals surface area contributed by atoms with Crippen LogP contribution in [-0.4, -0.2) is 35.9 Å². The maximum atomic E-state index is 12.0. The second kappa shape index (κ2) is 10.9. The third-order valence-corrected chi connectivity index (χ3v) is 11.8. The highest BCUT2D eigenvalue weighted by Gasteiger charge is 2.65. The van der Waals surface area contributed by atoms with Crippen molar-refractivity contribution in [1.29, 1.82) is 0 Å². The largest absolute Gasteiger partial charge is 0.466 e. The van der Waals surface area contributed by atoms with E-state index in [1.807, 2.05) is 13.8 Å². The Balaban J connectivity index is 1.53. The van der Waals surface area contributed by atoms with Crippen molar-refractivity contribution in [1.82, 2.24) is 0 Å². The molecule has 4 aliphatic rings. The second-order valence-electron chi connectivity index (χ2n) is 13.3. The molecule has 0 aromatic heterocycles. The van der Waals surface area contributed by atoms with Crippen LogP contribution in [0.3, 0.4) is 0 Å². The Labute approximate surface area is 219 Å². The van der Waals surface area contributed by atoms with Crippen LogP contribution in [0.15, 0.2) is 0 Å². The number of esters is 2. The fraction of sp³-hybridized carbons (Fsp3) is 0.935. The summed E-state index contributed by atoms with van der Waals surface area (Å²) in [5.74, 6) is 3.13. The molecule has 0 aliphatic heterocycles. The highest BCUT2D eigenvalue weighted by molar-refractivity contribution is 5.69. The summed E-state index contributed by atoms with van der Waals surface area (Å²) in [6.45, 7) is 13.8. The summed E-state index contributed by atoms with van der Waals surface area (Å²) in [7, 11) is 0. The third kappa shape index (κ3) is 4.76. The van der Waals surface area contributed by atoms with Crippen LogP contribution in [0.2, 0.25) is 0 Å². The lowest BCUT2D eigenvalue weighted by molar-refractivity contribution is -0.207. The van der Waals surface area contributed by atoms with Crippen molar-refractivity contribution >= 4 is 11.9 Å². The summed E-state index contributed by atoms with van der Waals surface area (Å²) >= 11 is 0. The minimum absolute atomic E-state index is 0.0123. The topological polar surface area (TPSA) is 72.8 Å². The van der Waals surface area contributed by atoms with Gasteiger partial charge >= 0.3 is 11.9 Å². The molecule has 0 spiro atoms. The van der Waals surface area contributed by atoms with Gasteiger partial charge in [-0.1, -0.05) is 41.0 Å². The molecule has 0 bridgehead atoms. The molecule has 5 nitrogen and oxygen atoms in total. The Morgan fingerprint density at radius 2 is 1.64 bits per heavy atom. The minimum atomic E-state index is -0.267. The monoisotopic (exact) mass is 504 g/mol. The fourth-order valence-corrected chi connectivity index (χ4v) is 10.1. The molecule has 4 aliphatic carbocycles. The maximum Gasteiger partial charge on any atom is 0.305 e. The molecule has 4 saturated carbocycles. The van der Waals surface area contributed by atoms with Crippen molar-refractivity contribution < 1.29 is 24.2 Å². The van der Waals surface area contributed by atoms with Crippen molar-refractivity contribution in [2.24, 2.45) is 52.3 Å². The summed E-state index contributed by atoms with van der Waals surface area (Å²) in [6, 6.07) is 0. The predicted molar refractivity (Wildman–Crippen MR) is 141 cm³/mol. The lowest BCUT2D eigenvalue weighted by Crippen LogP contribution is -2.62. The number of hydrogen-bond acceptors (Lipinski definition) is 5. The number of ether oxygens (including phenoxy) is 2. The number of carbonyl (C=O) groups excluding carboxylic acids is 2. The van der Waals surface area contributed by atoms with Crippen LogP contribution in [0, 0.1) is 52.3 Å². The average Bonchev–Trinajstić information content (AvgIpc) is 3.21. The normalized spacial score (nSPS) is 44.6. The number of hydrogen-bond donors (Lipinski definition) is 1. The number of carbonyl (C=O) groups is 2. The van der Waals surface area contributed by atoms with Crippen molar-refractivity contribution in [3.05, 3.63) is 0 Å². The van der Waals surface area contributed by atoms with Gasteiger partial charge in [-0.25, -0.2) is 0 Å². The summed E-state index contributed by atoms with van der Waals surface area (Å²) < 4.78 is 11.0. The van der Waals surface area contributed by atoms with Gasteiger partial charge in [0.2, 0.25) is 0 Å². The molecule has 4 fully saturated rings. The standard InChI is InChI=1S/C31H52O5/c1-7-21-25-18-20(36-26(32)8-2)14-16-31(25,6)24-15-17-30(5)22(11-12-23(30)28(24)29(21)34)19(4)10-13-27(33)35-9-3/h19-25,28-29,34H,7-18H2,1-6H3/t19?,20-,21-,22-,23+,24+,25+,28+,29-,30-,31-/m1/s1. The van der Waals surface area contributed by atoms with Gasteiger partial charge < -0.3 is 14.6 Å².